The van der Waals surface area contributed by atoms with Crippen LogP contribution in [0.5, 0.6) is 0 Å². The molecule has 1 aromatic heterocycles. The van der Waals surface area contributed by atoms with E-state index in [4.69, 9.17) is 25.8 Å². The van der Waals surface area contributed by atoms with Crippen molar-refractivity contribution in [2.75, 3.05) is 45.3 Å². The molecule has 150 valence electrons. The van der Waals surface area contributed by atoms with Crippen molar-refractivity contribution in [2.24, 2.45) is 0 Å². The number of rotatable bonds is 4. The largest absolute Gasteiger partial charge is 0.464 e. The Morgan fingerprint density at radius 3 is 2.68 bits per heavy atom. The van der Waals surface area contributed by atoms with Crippen molar-refractivity contribution in [2.45, 2.75) is 18.6 Å². The SMILES string of the molecule is COC(=O)c1[nH]c2ccc(Cl)cc2c1NC(=O)CN1CCC2(CC1)OCCO2. The van der Waals surface area contributed by atoms with E-state index in [1.165, 1.54) is 7.11 Å². The van der Waals surface area contributed by atoms with Gasteiger partial charge in [0.1, 0.15) is 5.69 Å². The predicted octanol–water partition coefficient (Wildman–Crippen LogP) is 2.39. The fourth-order valence-corrected chi connectivity index (χ4v) is 3.94. The fourth-order valence-electron chi connectivity index (χ4n) is 3.77. The first-order valence-electron chi connectivity index (χ1n) is 9.19. The van der Waals surface area contributed by atoms with Crippen molar-refractivity contribution in [3.8, 4) is 0 Å². The lowest BCUT2D eigenvalue weighted by atomic mass is 10.0. The topological polar surface area (TPSA) is 92.9 Å². The number of carbonyl (C=O) groups excluding carboxylic acids is 2. The van der Waals surface area contributed by atoms with Gasteiger partial charge in [0.25, 0.3) is 0 Å². The molecular weight excluding hydrogens is 386 g/mol. The number of ether oxygens (including phenoxy) is 3. The highest BCUT2D eigenvalue weighted by Crippen LogP contribution is 2.32. The van der Waals surface area contributed by atoms with Crippen LogP contribution in [-0.2, 0) is 19.0 Å². The third-order valence-electron chi connectivity index (χ3n) is 5.21. The van der Waals surface area contributed by atoms with Crippen LogP contribution in [0, 0.1) is 0 Å². The number of anilines is 1. The monoisotopic (exact) mass is 407 g/mol. The van der Waals surface area contributed by atoms with Crippen LogP contribution in [0.15, 0.2) is 18.2 Å². The van der Waals surface area contributed by atoms with E-state index in [1.54, 1.807) is 18.2 Å². The van der Waals surface area contributed by atoms with Gasteiger partial charge in [-0.2, -0.15) is 0 Å². The molecule has 2 N–H and O–H groups in total. The standard InChI is InChI=1S/C19H22ClN3O5/c1-26-18(25)17-16(13-10-12(20)2-3-14(13)21-17)22-15(24)11-23-6-4-19(5-7-23)27-8-9-28-19/h2-3,10,21H,4-9,11H2,1H3,(H,22,24). The number of likely N-dealkylation sites (tertiary alicyclic amines) is 1. The smallest absolute Gasteiger partial charge is 0.356 e. The lowest BCUT2D eigenvalue weighted by molar-refractivity contribution is -0.185. The summed E-state index contributed by atoms with van der Waals surface area (Å²) in [4.78, 5) is 29.8. The number of hydrogen-bond acceptors (Lipinski definition) is 6. The molecule has 1 spiro atoms. The van der Waals surface area contributed by atoms with Crippen LogP contribution < -0.4 is 5.32 Å². The van der Waals surface area contributed by atoms with Crippen molar-refractivity contribution in [1.82, 2.24) is 9.88 Å². The molecule has 0 unspecified atom stereocenters. The number of halogens is 1. The Balaban J connectivity index is 1.47. The molecule has 2 aliphatic rings. The molecule has 9 heteroatoms. The van der Waals surface area contributed by atoms with Gasteiger partial charge < -0.3 is 24.5 Å². The molecule has 2 aliphatic heterocycles. The Kier molecular flexibility index (Phi) is 5.29. The van der Waals surface area contributed by atoms with Gasteiger partial charge in [0.05, 0.1) is 32.6 Å². The van der Waals surface area contributed by atoms with Crippen LogP contribution >= 0.6 is 11.6 Å². The molecule has 2 saturated heterocycles. The maximum Gasteiger partial charge on any atom is 0.356 e. The van der Waals surface area contributed by atoms with E-state index < -0.39 is 11.8 Å². The van der Waals surface area contributed by atoms with E-state index in [1.807, 2.05) is 4.90 Å². The number of methoxy groups -OCH3 is 1. The number of esters is 1. The Labute approximate surface area is 167 Å². The molecule has 0 aliphatic carbocycles. The fraction of sp³-hybridized carbons (Fsp3) is 0.474. The van der Waals surface area contributed by atoms with Crippen molar-refractivity contribution in [1.29, 1.82) is 0 Å². The molecule has 1 amide bonds. The van der Waals surface area contributed by atoms with Crippen LogP contribution in [0.3, 0.4) is 0 Å². The van der Waals surface area contributed by atoms with Crippen LogP contribution in [0.4, 0.5) is 5.69 Å². The molecule has 0 saturated carbocycles. The summed E-state index contributed by atoms with van der Waals surface area (Å²) in [5.74, 6) is -1.24. The zero-order valence-electron chi connectivity index (χ0n) is 15.5. The number of nitrogens with one attached hydrogen (secondary N) is 2. The highest BCUT2D eigenvalue weighted by Gasteiger charge is 2.40. The van der Waals surface area contributed by atoms with Crippen LogP contribution in [0.1, 0.15) is 23.3 Å². The quantitative estimate of drug-likeness (QED) is 0.756. The number of fused-ring (bicyclic) bond motifs is 1. The van der Waals surface area contributed by atoms with Crippen molar-refractivity contribution >= 4 is 40.1 Å². The summed E-state index contributed by atoms with van der Waals surface area (Å²) in [7, 11) is 1.29. The van der Waals surface area contributed by atoms with Gasteiger partial charge in [-0.15, -0.1) is 0 Å². The van der Waals surface area contributed by atoms with Crippen molar-refractivity contribution in [3.05, 3.63) is 28.9 Å². The summed E-state index contributed by atoms with van der Waals surface area (Å²) in [6, 6.07) is 5.17. The second-order valence-electron chi connectivity index (χ2n) is 6.99. The Bertz CT molecular complexity index is 896. The Morgan fingerprint density at radius 1 is 1.29 bits per heavy atom. The summed E-state index contributed by atoms with van der Waals surface area (Å²) in [5, 5.41) is 4.02. The first kappa shape index (κ1) is 19.2. The van der Waals surface area contributed by atoms with Crippen molar-refractivity contribution < 1.29 is 23.8 Å². The minimum Gasteiger partial charge on any atom is -0.464 e. The van der Waals surface area contributed by atoms with E-state index >= 15 is 0 Å². The molecule has 2 aromatic rings. The second-order valence-corrected chi connectivity index (χ2v) is 7.42. The first-order valence-corrected chi connectivity index (χ1v) is 9.57. The van der Waals surface area contributed by atoms with E-state index in [9.17, 15) is 9.59 Å². The van der Waals surface area contributed by atoms with Gasteiger partial charge in [-0.3, -0.25) is 9.69 Å². The second kappa shape index (κ2) is 7.71. The summed E-state index contributed by atoms with van der Waals surface area (Å²) in [5.41, 5.74) is 1.26. The Hall–Kier alpha value is -2.13. The molecule has 0 bridgehead atoms. The highest BCUT2D eigenvalue weighted by atomic mass is 35.5. The van der Waals surface area contributed by atoms with Crippen LogP contribution in [-0.4, -0.2) is 67.5 Å². The minimum absolute atomic E-state index is 0.193. The van der Waals surface area contributed by atoms with Gasteiger partial charge in [-0.05, 0) is 18.2 Å². The van der Waals surface area contributed by atoms with E-state index in [-0.39, 0.29) is 18.1 Å². The molecule has 1 aromatic carbocycles. The Morgan fingerprint density at radius 2 is 2.00 bits per heavy atom. The van der Waals surface area contributed by atoms with Gasteiger partial charge in [-0.1, -0.05) is 11.6 Å². The van der Waals surface area contributed by atoms with Gasteiger partial charge in [-0.25, -0.2) is 4.79 Å². The third kappa shape index (κ3) is 3.73. The zero-order chi connectivity index (χ0) is 19.7. The molecular formula is C19H22ClN3O5. The summed E-state index contributed by atoms with van der Waals surface area (Å²) < 4.78 is 16.3. The number of aromatic nitrogens is 1. The van der Waals surface area contributed by atoms with Gasteiger partial charge in [0.15, 0.2) is 5.79 Å². The third-order valence-corrected chi connectivity index (χ3v) is 5.45. The zero-order valence-corrected chi connectivity index (χ0v) is 16.3. The van der Waals surface area contributed by atoms with Crippen LogP contribution in [0.25, 0.3) is 10.9 Å². The van der Waals surface area contributed by atoms with Gasteiger partial charge in [0.2, 0.25) is 5.91 Å². The lowest BCUT2D eigenvalue weighted by Crippen LogP contribution is -2.47. The first-order chi connectivity index (χ1) is 13.5. The average Bonchev–Trinajstić information content (AvgIpc) is 3.28. The van der Waals surface area contributed by atoms with Gasteiger partial charge >= 0.3 is 5.97 Å². The highest BCUT2D eigenvalue weighted by molar-refractivity contribution is 6.31. The van der Waals surface area contributed by atoms with Gasteiger partial charge in [0, 0.05) is 41.9 Å². The van der Waals surface area contributed by atoms with Crippen molar-refractivity contribution in [3.63, 3.8) is 0 Å². The summed E-state index contributed by atoms with van der Waals surface area (Å²) >= 11 is 6.09. The average molecular weight is 408 g/mol. The van der Waals surface area contributed by atoms with E-state index in [0.717, 1.165) is 12.8 Å². The predicted molar refractivity (Wildman–Crippen MR) is 104 cm³/mol. The minimum atomic E-state index is -0.557. The molecule has 8 nitrogen and oxygen atoms in total. The number of piperidine rings is 1. The number of hydrogen-bond donors (Lipinski definition) is 2. The van der Waals surface area contributed by atoms with E-state index in [2.05, 4.69) is 10.3 Å². The molecule has 28 heavy (non-hydrogen) atoms. The maximum absolute atomic E-state index is 12.7. The molecule has 0 radical (unpaired) electrons. The molecule has 3 heterocycles. The lowest BCUT2D eigenvalue weighted by Gasteiger charge is -2.37. The molecule has 2 fully saturated rings. The number of amides is 1. The summed E-state index contributed by atoms with van der Waals surface area (Å²) in [6.07, 6.45) is 1.47. The summed E-state index contributed by atoms with van der Waals surface area (Å²) in [6.45, 7) is 2.87. The number of nitrogens with zero attached hydrogens (tertiary/aromatic N) is 1. The van der Waals surface area contributed by atoms with Crippen LogP contribution in [0.2, 0.25) is 5.02 Å². The normalized spacial score (nSPS) is 19.2. The molecule has 4 rings (SSSR count). The number of benzene rings is 1. The maximum atomic E-state index is 12.7. The number of carbonyl (C=O) groups is 2. The van der Waals surface area contributed by atoms with E-state index in [0.29, 0.717) is 47.9 Å². The molecule has 0 atom stereocenters. The number of aromatic amines is 1. The number of H-pyrrole nitrogens is 1.